The standard InChI is InChI=1S/C30H34Cl2F5N3O4/c1-29(2,3)28(43)39-13-18-8-9-21(31)24(25(18)32)26(42)40-19-11-20(27(38-14-19)44-15-23(33)34)22(41)10-16-4-6-17(7-5-16)12-30(35,36)37/h8-9,11,14,16-17,23H,4-7,10,12-13,15H2,1-3H3,(H,39,43)(H,40,42). The van der Waals surface area contributed by atoms with Gasteiger partial charge in [-0.15, -0.1) is 0 Å². The van der Waals surface area contributed by atoms with Crippen LogP contribution in [0.2, 0.25) is 10.0 Å². The molecule has 1 fully saturated rings. The molecule has 1 heterocycles. The number of carbonyl (C=O) groups is 3. The normalized spacial score (nSPS) is 17.3. The van der Waals surface area contributed by atoms with Gasteiger partial charge in [-0.1, -0.05) is 50.0 Å². The SMILES string of the molecule is CC(C)(C)C(=O)NCc1ccc(Cl)c(C(=O)Nc2cnc(OCC(F)F)c(C(=O)CC3CCC(CC(F)(F)F)CC3)c2)c1Cl. The van der Waals surface area contributed by atoms with Crippen LogP contribution >= 0.6 is 23.2 Å². The smallest absolute Gasteiger partial charge is 0.389 e. The number of pyridine rings is 1. The molecule has 1 saturated carbocycles. The Hall–Kier alpha value is -2.99. The van der Waals surface area contributed by atoms with Gasteiger partial charge < -0.3 is 15.4 Å². The first-order chi connectivity index (χ1) is 20.4. The van der Waals surface area contributed by atoms with Crippen LogP contribution in [0.5, 0.6) is 5.88 Å². The van der Waals surface area contributed by atoms with Crippen LogP contribution in [0.25, 0.3) is 0 Å². The zero-order valence-corrected chi connectivity index (χ0v) is 25.9. The predicted octanol–water partition coefficient (Wildman–Crippen LogP) is 8.28. The third-order valence-electron chi connectivity index (χ3n) is 7.23. The van der Waals surface area contributed by atoms with Crippen LogP contribution in [0.1, 0.15) is 85.6 Å². The molecule has 7 nitrogen and oxygen atoms in total. The number of carbonyl (C=O) groups excluding carboxylic acids is 3. The number of hydrogen-bond donors (Lipinski definition) is 2. The third-order valence-corrected chi connectivity index (χ3v) is 7.98. The Morgan fingerprint density at radius 3 is 2.27 bits per heavy atom. The van der Waals surface area contributed by atoms with E-state index in [1.54, 1.807) is 26.8 Å². The molecule has 2 aromatic rings. The van der Waals surface area contributed by atoms with Crippen molar-refractivity contribution in [2.24, 2.45) is 17.3 Å². The highest BCUT2D eigenvalue weighted by molar-refractivity contribution is 6.40. The summed E-state index contributed by atoms with van der Waals surface area (Å²) in [5.74, 6) is -2.56. The number of Topliss-reactive ketones (excluding diaryl/α,β-unsaturated/α-hetero) is 1. The first-order valence-electron chi connectivity index (χ1n) is 14.0. The molecule has 2 N–H and O–H groups in total. The van der Waals surface area contributed by atoms with Crippen LogP contribution in [0.15, 0.2) is 24.4 Å². The molecule has 0 unspecified atom stereocenters. The summed E-state index contributed by atoms with van der Waals surface area (Å²) in [6.45, 7) is 4.23. The molecule has 0 saturated heterocycles. The lowest BCUT2D eigenvalue weighted by atomic mass is 9.78. The van der Waals surface area contributed by atoms with Crippen molar-refractivity contribution in [2.75, 3.05) is 11.9 Å². The average molecular weight is 667 g/mol. The molecule has 2 amide bonds. The maximum Gasteiger partial charge on any atom is 0.389 e. The monoisotopic (exact) mass is 665 g/mol. The van der Waals surface area contributed by atoms with Crippen LogP contribution < -0.4 is 15.4 Å². The number of halogens is 7. The number of alkyl halides is 5. The van der Waals surface area contributed by atoms with E-state index in [1.807, 2.05) is 0 Å². The molecule has 1 aromatic carbocycles. The van der Waals surface area contributed by atoms with E-state index < -0.39 is 48.7 Å². The second kappa shape index (κ2) is 14.9. The number of hydrogen-bond acceptors (Lipinski definition) is 5. The van der Waals surface area contributed by atoms with E-state index in [0.717, 1.165) is 6.20 Å². The Morgan fingerprint density at radius 2 is 1.68 bits per heavy atom. The summed E-state index contributed by atoms with van der Waals surface area (Å²) in [6, 6.07) is 4.24. The summed E-state index contributed by atoms with van der Waals surface area (Å²) in [6.07, 6.45) is -5.43. The molecule has 0 atom stereocenters. The first-order valence-corrected chi connectivity index (χ1v) is 14.8. The number of rotatable bonds is 11. The van der Waals surface area contributed by atoms with Crippen LogP contribution in [0.3, 0.4) is 0 Å². The minimum atomic E-state index is -4.25. The minimum Gasteiger partial charge on any atom is -0.471 e. The van der Waals surface area contributed by atoms with Crippen molar-refractivity contribution in [1.29, 1.82) is 0 Å². The lowest BCUT2D eigenvalue weighted by Gasteiger charge is -2.28. The van der Waals surface area contributed by atoms with Crippen molar-refractivity contribution in [3.8, 4) is 5.88 Å². The van der Waals surface area contributed by atoms with E-state index in [0.29, 0.717) is 31.2 Å². The zero-order chi connectivity index (χ0) is 32.8. The third kappa shape index (κ3) is 10.3. The highest BCUT2D eigenvalue weighted by Crippen LogP contribution is 2.38. The molecule has 44 heavy (non-hydrogen) atoms. The summed E-state index contributed by atoms with van der Waals surface area (Å²) in [7, 11) is 0. The number of nitrogens with zero attached hydrogens (tertiary/aromatic N) is 1. The topological polar surface area (TPSA) is 97.4 Å². The van der Waals surface area contributed by atoms with Gasteiger partial charge in [-0.25, -0.2) is 13.8 Å². The van der Waals surface area contributed by atoms with Crippen molar-refractivity contribution >= 4 is 46.5 Å². The molecule has 0 aliphatic heterocycles. The van der Waals surface area contributed by atoms with Gasteiger partial charge in [-0.2, -0.15) is 13.2 Å². The molecule has 242 valence electrons. The summed E-state index contributed by atoms with van der Waals surface area (Å²) < 4.78 is 69.0. The molecular weight excluding hydrogens is 632 g/mol. The first kappa shape index (κ1) is 35.5. The largest absolute Gasteiger partial charge is 0.471 e. The fourth-order valence-corrected chi connectivity index (χ4v) is 5.50. The van der Waals surface area contributed by atoms with E-state index in [1.165, 1.54) is 12.1 Å². The second-order valence-electron chi connectivity index (χ2n) is 11.9. The molecule has 14 heteroatoms. The highest BCUT2D eigenvalue weighted by Gasteiger charge is 2.34. The number of amides is 2. The van der Waals surface area contributed by atoms with Gasteiger partial charge in [-0.05, 0) is 55.2 Å². The minimum absolute atomic E-state index is 0.00789. The Bertz CT molecular complexity index is 1360. The van der Waals surface area contributed by atoms with Gasteiger partial charge in [0.25, 0.3) is 12.3 Å². The Balaban J connectivity index is 1.78. The molecule has 0 bridgehead atoms. The van der Waals surface area contributed by atoms with Crippen molar-refractivity contribution in [3.63, 3.8) is 0 Å². The summed E-state index contributed by atoms with van der Waals surface area (Å²) in [5, 5.41) is 5.30. The number of nitrogens with one attached hydrogen (secondary N) is 2. The molecule has 0 radical (unpaired) electrons. The summed E-state index contributed by atoms with van der Waals surface area (Å²) >= 11 is 12.8. The number of aromatic nitrogens is 1. The Morgan fingerprint density at radius 1 is 1.05 bits per heavy atom. The van der Waals surface area contributed by atoms with Gasteiger partial charge in [0, 0.05) is 24.8 Å². The van der Waals surface area contributed by atoms with Gasteiger partial charge in [-0.3, -0.25) is 14.4 Å². The van der Waals surface area contributed by atoms with E-state index in [-0.39, 0.29) is 57.5 Å². The number of anilines is 1. The molecule has 1 aromatic heterocycles. The fourth-order valence-electron chi connectivity index (χ4n) is 4.89. The lowest BCUT2D eigenvalue weighted by Crippen LogP contribution is -2.34. The van der Waals surface area contributed by atoms with E-state index >= 15 is 0 Å². The highest BCUT2D eigenvalue weighted by atomic mass is 35.5. The molecule has 3 rings (SSSR count). The maximum atomic E-state index is 13.3. The van der Waals surface area contributed by atoms with E-state index in [9.17, 15) is 36.3 Å². The quantitative estimate of drug-likeness (QED) is 0.186. The summed E-state index contributed by atoms with van der Waals surface area (Å²) in [5.41, 5.74) is -0.461. The maximum absolute atomic E-state index is 13.3. The van der Waals surface area contributed by atoms with Crippen molar-refractivity contribution in [2.45, 2.75) is 78.4 Å². The number of benzene rings is 1. The van der Waals surface area contributed by atoms with Gasteiger partial charge in [0.2, 0.25) is 11.8 Å². The van der Waals surface area contributed by atoms with Crippen LogP contribution in [-0.4, -0.2) is 41.8 Å². The van der Waals surface area contributed by atoms with E-state index in [4.69, 9.17) is 27.9 Å². The Labute approximate surface area is 262 Å². The molecule has 1 aliphatic carbocycles. The van der Waals surface area contributed by atoms with Crippen molar-refractivity contribution in [1.82, 2.24) is 10.3 Å². The van der Waals surface area contributed by atoms with Crippen LogP contribution in [-0.2, 0) is 11.3 Å². The van der Waals surface area contributed by atoms with Gasteiger partial charge in [0.15, 0.2) is 12.4 Å². The Kier molecular flexibility index (Phi) is 12.0. The average Bonchev–Trinajstić information content (AvgIpc) is 2.91. The van der Waals surface area contributed by atoms with Crippen LogP contribution in [0, 0.1) is 17.3 Å². The summed E-state index contributed by atoms with van der Waals surface area (Å²) in [4.78, 5) is 42.8. The van der Waals surface area contributed by atoms with Crippen molar-refractivity contribution < 1.29 is 41.1 Å². The zero-order valence-electron chi connectivity index (χ0n) is 24.4. The second-order valence-corrected chi connectivity index (χ2v) is 12.7. The predicted molar refractivity (Wildman–Crippen MR) is 157 cm³/mol. The number of ketones is 1. The van der Waals surface area contributed by atoms with E-state index in [2.05, 4.69) is 15.6 Å². The van der Waals surface area contributed by atoms with Crippen LogP contribution in [0.4, 0.5) is 27.6 Å². The van der Waals surface area contributed by atoms with Gasteiger partial charge in [0.05, 0.1) is 33.1 Å². The lowest BCUT2D eigenvalue weighted by molar-refractivity contribution is -0.147. The van der Waals surface area contributed by atoms with Gasteiger partial charge in [0.1, 0.15) is 0 Å². The molecular formula is C30H34Cl2F5N3O4. The van der Waals surface area contributed by atoms with Crippen molar-refractivity contribution in [3.05, 3.63) is 51.1 Å². The number of ether oxygens (including phenoxy) is 1. The fraction of sp³-hybridized carbons (Fsp3) is 0.533. The molecule has 1 aliphatic rings. The van der Waals surface area contributed by atoms with Gasteiger partial charge >= 0.3 is 6.18 Å². The molecule has 0 spiro atoms.